The lowest BCUT2D eigenvalue weighted by Gasteiger charge is -2.39. The molecule has 0 spiro atoms. The standard InChI is InChI=1S/C38H56FN3O8/c1-27(2)19-30-22-41(38(46)32-10-4-5-11-33(32)39)23-35(47-3)37(45)34(43)26-48-17-7-6-16-42(30)36(44)21-40-20-28-12-14-29(15-13-28)24-49-25-31-9-8-18-50-31/h4-5,10-15,27,30-31,34-35,37,40,43,45H,6-9,16-26H2,1-3H3/t30-,31?,34-,35-,37-/m1/s1. The number of hydrogen-bond acceptors (Lipinski definition) is 9. The van der Waals surface area contributed by atoms with Crippen LogP contribution in [0.5, 0.6) is 0 Å². The average molecular weight is 702 g/mol. The first-order valence-corrected chi connectivity index (χ1v) is 17.9. The predicted octanol–water partition coefficient (Wildman–Crippen LogP) is 3.54. The zero-order valence-corrected chi connectivity index (χ0v) is 29.8. The van der Waals surface area contributed by atoms with E-state index in [2.05, 4.69) is 19.2 Å². The third-order valence-electron chi connectivity index (χ3n) is 9.26. The molecular weight excluding hydrogens is 645 g/mol. The quantitative estimate of drug-likeness (QED) is 0.304. The van der Waals surface area contributed by atoms with E-state index in [-0.39, 0.29) is 49.7 Å². The molecule has 1 unspecified atom stereocenters. The summed E-state index contributed by atoms with van der Waals surface area (Å²) in [7, 11) is 1.39. The highest BCUT2D eigenvalue weighted by Gasteiger charge is 2.34. The van der Waals surface area contributed by atoms with Crippen LogP contribution in [-0.2, 0) is 36.9 Å². The number of carbonyl (C=O) groups excluding carboxylic acids is 2. The van der Waals surface area contributed by atoms with Crippen molar-refractivity contribution in [3.05, 3.63) is 71.0 Å². The van der Waals surface area contributed by atoms with Crippen LogP contribution in [0.3, 0.4) is 0 Å². The average Bonchev–Trinajstić information content (AvgIpc) is 3.62. The fourth-order valence-corrected chi connectivity index (χ4v) is 6.48. The first-order valence-electron chi connectivity index (χ1n) is 17.9. The molecule has 5 atom stereocenters. The van der Waals surface area contributed by atoms with Crippen LogP contribution in [0.15, 0.2) is 48.5 Å². The molecule has 2 aliphatic rings. The van der Waals surface area contributed by atoms with Crippen LogP contribution in [-0.4, -0.2) is 122 Å². The van der Waals surface area contributed by atoms with Gasteiger partial charge in [-0.2, -0.15) is 0 Å². The molecular formula is C38H56FN3O8. The third kappa shape index (κ3) is 12.4. The lowest BCUT2D eigenvalue weighted by Crippen LogP contribution is -2.54. The van der Waals surface area contributed by atoms with Crippen molar-refractivity contribution in [1.82, 2.24) is 15.1 Å². The van der Waals surface area contributed by atoms with E-state index in [4.69, 9.17) is 18.9 Å². The van der Waals surface area contributed by atoms with E-state index in [1.165, 1.54) is 30.2 Å². The summed E-state index contributed by atoms with van der Waals surface area (Å²) in [5, 5.41) is 24.9. The van der Waals surface area contributed by atoms with Crippen LogP contribution in [0.4, 0.5) is 4.39 Å². The number of ether oxygens (including phenoxy) is 4. The maximum atomic E-state index is 14.9. The molecule has 50 heavy (non-hydrogen) atoms. The highest BCUT2D eigenvalue weighted by Crippen LogP contribution is 2.20. The Bertz CT molecular complexity index is 1310. The molecule has 0 saturated carbocycles. The number of hydrogen-bond donors (Lipinski definition) is 3. The van der Waals surface area contributed by atoms with E-state index >= 15 is 0 Å². The van der Waals surface area contributed by atoms with Crippen LogP contribution in [0, 0.1) is 11.7 Å². The van der Waals surface area contributed by atoms with Gasteiger partial charge in [0, 0.05) is 52.5 Å². The Kier molecular flexibility index (Phi) is 16.5. The van der Waals surface area contributed by atoms with Gasteiger partial charge in [-0.05, 0) is 61.3 Å². The van der Waals surface area contributed by atoms with Crippen molar-refractivity contribution >= 4 is 11.8 Å². The van der Waals surface area contributed by atoms with Gasteiger partial charge in [0.1, 0.15) is 24.1 Å². The number of nitrogens with zero attached hydrogens (tertiary/aromatic N) is 2. The molecule has 0 aromatic heterocycles. The van der Waals surface area contributed by atoms with Crippen molar-refractivity contribution in [1.29, 1.82) is 0 Å². The van der Waals surface area contributed by atoms with Gasteiger partial charge in [-0.3, -0.25) is 9.59 Å². The molecule has 2 aliphatic heterocycles. The van der Waals surface area contributed by atoms with Crippen molar-refractivity contribution in [3.8, 4) is 0 Å². The molecule has 2 aromatic carbocycles. The molecule has 11 nitrogen and oxygen atoms in total. The molecule has 0 aliphatic carbocycles. The lowest BCUT2D eigenvalue weighted by atomic mass is 9.99. The number of halogens is 1. The van der Waals surface area contributed by atoms with E-state index in [1.807, 2.05) is 29.2 Å². The normalized spacial score (nSPS) is 24.3. The van der Waals surface area contributed by atoms with Gasteiger partial charge in [-0.1, -0.05) is 50.2 Å². The van der Waals surface area contributed by atoms with E-state index in [0.29, 0.717) is 52.2 Å². The van der Waals surface area contributed by atoms with E-state index < -0.39 is 36.1 Å². The monoisotopic (exact) mass is 701 g/mol. The van der Waals surface area contributed by atoms with Gasteiger partial charge in [-0.15, -0.1) is 0 Å². The van der Waals surface area contributed by atoms with Gasteiger partial charge in [0.2, 0.25) is 5.91 Å². The number of carbonyl (C=O) groups is 2. The van der Waals surface area contributed by atoms with E-state index in [0.717, 1.165) is 30.6 Å². The molecule has 12 heteroatoms. The Morgan fingerprint density at radius 3 is 2.48 bits per heavy atom. The topological polar surface area (TPSA) is 130 Å². The van der Waals surface area contributed by atoms with Crippen LogP contribution < -0.4 is 5.32 Å². The van der Waals surface area contributed by atoms with Crippen molar-refractivity contribution < 1.29 is 43.1 Å². The summed E-state index contributed by atoms with van der Waals surface area (Å²) in [5.74, 6) is -1.19. The van der Waals surface area contributed by atoms with Crippen LogP contribution in [0.1, 0.15) is 67.4 Å². The molecule has 2 fully saturated rings. The first kappa shape index (κ1) is 39.8. The summed E-state index contributed by atoms with van der Waals surface area (Å²) in [5.41, 5.74) is 1.98. The minimum atomic E-state index is -1.36. The van der Waals surface area contributed by atoms with Gasteiger partial charge in [0.25, 0.3) is 5.91 Å². The molecule has 0 radical (unpaired) electrons. The Morgan fingerprint density at radius 1 is 1.02 bits per heavy atom. The molecule has 2 amide bonds. The van der Waals surface area contributed by atoms with Gasteiger partial charge in [0.15, 0.2) is 0 Å². The number of benzene rings is 2. The van der Waals surface area contributed by atoms with E-state index in [9.17, 15) is 24.2 Å². The Hall–Kier alpha value is -2.97. The Labute approximate surface area is 296 Å². The maximum Gasteiger partial charge on any atom is 0.256 e. The first-order chi connectivity index (χ1) is 24.2. The van der Waals surface area contributed by atoms with Crippen LogP contribution in [0.25, 0.3) is 0 Å². The summed E-state index contributed by atoms with van der Waals surface area (Å²) in [4.78, 5) is 31.1. The smallest absolute Gasteiger partial charge is 0.256 e. The minimum absolute atomic E-state index is 0.0875. The molecule has 3 N–H and O–H groups in total. The largest absolute Gasteiger partial charge is 0.388 e. The second-order valence-electron chi connectivity index (χ2n) is 13.7. The van der Waals surface area contributed by atoms with Crippen LogP contribution in [0.2, 0.25) is 0 Å². The molecule has 0 bridgehead atoms. The third-order valence-corrected chi connectivity index (χ3v) is 9.26. The highest BCUT2D eigenvalue weighted by molar-refractivity contribution is 5.94. The SMILES string of the molecule is CO[C@@H]1CN(C(=O)c2ccccc2F)C[C@@H](CC(C)C)N(C(=O)CNCc2ccc(COCC3CCCO3)cc2)CCCCOC[C@@H](O)[C@H]1O. The number of aliphatic hydroxyl groups is 2. The van der Waals surface area contributed by atoms with Crippen molar-refractivity contribution in [2.45, 2.75) is 89.6 Å². The van der Waals surface area contributed by atoms with E-state index in [1.54, 1.807) is 6.07 Å². The van der Waals surface area contributed by atoms with Gasteiger partial charge >= 0.3 is 0 Å². The van der Waals surface area contributed by atoms with Gasteiger partial charge in [-0.25, -0.2) is 4.39 Å². The molecule has 2 saturated heterocycles. The fraction of sp³-hybridized carbons (Fsp3) is 0.632. The number of methoxy groups -OCH3 is 1. The number of nitrogens with one attached hydrogen (secondary N) is 1. The second kappa shape index (κ2) is 20.8. The van der Waals surface area contributed by atoms with Crippen molar-refractivity contribution in [2.75, 3.05) is 59.7 Å². The number of aliphatic hydroxyl groups excluding tert-OH is 2. The second-order valence-corrected chi connectivity index (χ2v) is 13.7. The zero-order valence-electron chi connectivity index (χ0n) is 29.8. The molecule has 2 heterocycles. The van der Waals surface area contributed by atoms with Gasteiger partial charge in [0.05, 0.1) is 38.0 Å². The summed E-state index contributed by atoms with van der Waals surface area (Å²) >= 11 is 0. The lowest BCUT2D eigenvalue weighted by molar-refractivity contribution is -0.134. The minimum Gasteiger partial charge on any atom is -0.388 e. The summed E-state index contributed by atoms with van der Waals surface area (Å²) in [6, 6.07) is 13.4. The van der Waals surface area contributed by atoms with Crippen molar-refractivity contribution in [3.63, 3.8) is 0 Å². The molecule has 4 rings (SSSR count). The van der Waals surface area contributed by atoms with Gasteiger partial charge < -0.3 is 44.3 Å². The zero-order chi connectivity index (χ0) is 35.9. The number of rotatable bonds is 12. The summed E-state index contributed by atoms with van der Waals surface area (Å²) < 4.78 is 37.6. The fourth-order valence-electron chi connectivity index (χ4n) is 6.48. The van der Waals surface area contributed by atoms with Crippen LogP contribution >= 0.6 is 0 Å². The predicted molar refractivity (Wildman–Crippen MR) is 187 cm³/mol. The number of amides is 2. The molecule has 2 aromatic rings. The Morgan fingerprint density at radius 2 is 1.78 bits per heavy atom. The maximum absolute atomic E-state index is 14.9. The molecule has 278 valence electrons. The highest BCUT2D eigenvalue weighted by atomic mass is 19.1. The van der Waals surface area contributed by atoms with Crippen molar-refractivity contribution in [2.24, 2.45) is 5.92 Å². The Balaban J connectivity index is 1.47. The summed E-state index contributed by atoms with van der Waals surface area (Å²) in [6.07, 6.45) is 0.571. The summed E-state index contributed by atoms with van der Waals surface area (Å²) in [6.45, 7) is 7.24.